The zero-order chi connectivity index (χ0) is 28.2. The first kappa shape index (κ1) is 28.5. The number of rotatable bonds is 8. The maximum atomic E-state index is 14.0. The van der Waals surface area contributed by atoms with Crippen molar-refractivity contribution in [2.24, 2.45) is 0 Å². The highest BCUT2D eigenvalue weighted by molar-refractivity contribution is 7.89. The van der Waals surface area contributed by atoms with Crippen LogP contribution in [0.5, 0.6) is 0 Å². The molecule has 2 saturated heterocycles. The Morgan fingerprint density at radius 3 is 2.48 bits per heavy atom. The number of nitrogens with zero attached hydrogens (tertiary/aromatic N) is 2. The molecule has 2 heterocycles. The zero-order valence-electron chi connectivity index (χ0n) is 23.4. The number of likely N-dealkylation sites (tertiary alicyclic amines) is 1. The summed E-state index contributed by atoms with van der Waals surface area (Å²) in [5.41, 5.74) is 3.37. The fourth-order valence-corrected chi connectivity index (χ4v) is 7.59. The highest BCUT2D eigenvalue weighted by Crippen LogP contribution is 2.35. The SMILES string of the molecule is CCc1ccccc1NC(=O)CN1CCCC2(C1)CN(S(=O)(=O)c1ccc(C)cc1)[C@@H](Cc1ccccc1)CO2. The maximum absolute atomic E-state index is 14.0. The van der Waals surface area contributed by atoms with Gasteiger partial charge >= 0.3 is 0 Å². The molecule has 40 heavy (non-hydrogen) atoms. The maximum Gasteiger partial charge on any atom is 0.243 e. The number of hydrogen-bond acceptors (Lipinski definition) is 5. The molecule has 1 amide bonds. The molecular formula is C32H39N3O4S. The smallest absolute Gasteiger partial charge is 0.243 e. The molecule has 3 aromatic carbocycles. The number of ether oxygens (including phenoxy) is 1. The number of morpholine rings is 1. The van der Waals surface area contributed by atoms with Gasteiger partial charge in [-0.05, 0) is 68.5 Å². The Bertz CT molecular complexity index is 1410. The van der Waals surface area contributed by atoms with Crippen molar-refractivity contribution >= 4 is 21.6 Å². The monoisotopic (exact) mass is 561 g/mol. The minimum atomic E-state index is -3.76. The summed E-state index contributed by atoms with van der Waals surface area (Å²) in [7, 11) is -3.76. The van der Waals surface area contributed by atoms with Crippen LogP contribution in [0.25, 0.3) is 0 Å². The van der Waals surface area contributed by atoms with Crippen LogP contribution in [0.4, 0.5) is 5.69 Å². The average Bonchev–Trinajstić information content (AvgIpc) is 2.95. The summed E-state index contributed by atoms with van der Waals surface area (Å²) in [5, 5.41) is 3.07. The Balaban J connectivity index is 1.34. The van der Waals surface area contributed by atoms with Crippen molar-refractivity contribution in [3.8, 4) is 0 Å². The third-order valence-corrected chi connectivity index (χ3v) is 9.95. The van der Waals surface area contributed by atoms with Crippen LogP contribution in [0.3, 0.4) is 0 Å². The van der Waals surface area contributed by atoms with Gasteiger partial charge in [0.1, 0.15) is 0 Å². The van der Waals surface area contributed by atoms with Crippen molar-refractivity contribution < 1.29 is 17.9 Å². The number of amides is 1. The lowest BCUT2D eigenvalue weighted by atomic mass is 9.90. The number of carbonyl (C=O) groups excluding carboxylic acids is 1. The molecule has 0 aliphatic carbocycles. The molecule has 0 radical (unpaired) electrons. The predicted octanol–water partition coefficient (Wildman–Crippen LogP) is 4.66. The number of aryl methyl sites for hydroxylation is 2. The van der Waals surface area contributed by atoms with Crippen LogP contribution in [0.2, 0.25) is 0 Å². The molecule has 8 heteroatoms. The molecule has 2 aliphatic heterocycles. The zero-order valence-corrected chi connectivity index (χ0v) is 24.2. The fourth-order valence-electron chi connectivity index (χ4n) is 5.90. The normalized spacial score (nSPS) is 22.3. The van der Waals surface area contributed by atoms with E-state index in [0.717, 1.165) is 48.2 Å². The van der Waals surface area contributed by atoms with Crippen LogP contribution in [0.1, 0.15) is 36.5 Å². The van der Waals surface area contributed by atoms with E-state index >= 15 is 0 Å². The molecule has 3 aromatic rings. The van der Waals surface area contributed by atoms with E-state index in [-0.39, 0.29) is 25.0 Å². The molecule has 5 rings (SSSR count). The second-order valence-electron chi connectivity index (χ2n) is 11.1. The first-order valence-electron chi connectivity index (χ1n) is 14.1. The van der Waals surface area contributed by atoms with Gasteiger partial charge in [-0.1, -0.05) is 73.2 Å². The van der Waals surface area contributed by atoms with Crippen LogP contribution in [0.15, 0.2) is 83.8 Å². The van der Waals surface area contributed by atoms with Gasteiger partial charge in [-0.3, -0.25) is 9.69 Å². The molecule has 1 unspecified atom stereocenters. The quantitative estimate of drug-likeness (QED) is 0.433. The molecule has 2 fully saturated rings. The standard InChI is InChI=1S/C32H39N3O4S/c1-3-27-12-7-8-13-30(27)33-31(36)21-34-19-9-18-32(23-34)24-35(40(37,38)29-16-14-25(2)15-17-29)28(22-39-32)20-26-10-5-4-6-11-26/h4-8,10-17,28H,3,9,18-24H2,1-2H3,(H,33,36)/t28-,32?/m0/s1. The van der Waals surface area contributed by atoms with Crippen LogP contribution in [0, 0.1) is 6.92 Å². The third kappa shape index (κ3) is 6.47. The number of piperidine rings is 1. The summed E-state index contributed by atoms with van der Waals surface area (Å²) in [5.74, 6) is -0.0696. The van der Waals surface area contributed by atoms with E-state index in [1.807, 2.05) is 73.7 Å². The summed E-state index contributed by atoms with van der Waals surface area (Å²) in [6, 6.07) is 24.6. The highest BCUT2D eigenvalue weighted by Gasteiger charge is 2.47. The lowest BCUT2D eigenvalue weighted by Gasteiger charge is -2.50. The first-order chi connectivity index (χ1) is 19.3. The van der Waals surface area contributed by atoms with Crippen molar-refractivity contribution in [2.75, 3.05) is 38.1 Å². The van der Waals surface area contributed by atoms with E-state index in [1.165, 1.54) is 0 Å². The molecule has 212 valence electrons. The fraction of sp³-hybridized carbons (Fsp3) is 0.406. The van der Waals surface area contributed by atoms with Crippen LogP contribution >= 0.6 is 0 Å². The minimum absolute atomic E-state index is 0.0696. The first-order valence-corrected chi connectivity index (χ1v) is 15.6. The van der Waals surface area contributed by atoms with Crippen molar-refractivity contribution in [3.05, 3.63) is 95.6 Å². The lowest BCUT2D eigenvalue weighted by molar-refractivity contribution is -0.144. The Morgan fingerprint density at radius 2 is 1.73 bits per heavy atom. The highest BCUT2D eigenvalue weighted by atomic mass is 32.2. The molecule has 2 atom stereocenters. The summed E-state index contributed by atoms with van der Waals surface area (Å²) in [6.07, 6.45) is 3.00. The van der Waals surface area contributed by atoms with Gasteiger partial charge in [0.25, 0.3) is 0 Å². The van der Waals surface area contributed by atoms with E-state index in [1.54, 1.807) is 16.4 Å². The van der Waals surface area contributed by atoms with Gasteiger partial charge in [-0.2, -0.15) is 4.31 Å². The topological polar surface area (TPSA) is 79.0 Å². The molecule has 1 spiro atoms. The number of nitrogens with one attached hydrogen (secondary N) is 1. The Kier molecular flexibility index (Phi) is 8.71. The van der Waals surface area contributed by atoms with Gasteiger partial charge in [-0.15, -0.1) is 0 Å². The summed E-state index contributed by atoms with van der Waals surface area (Å²) in [6.45, 7) is 6.11. The molecule has 2 aliphatic rings. The second-order valence-corrected chi connectivity index (χ2v) is 13.0. The lowest BCUT2D eigenvalue weighted by Crippen LogP contribution is -2.64. The average molecular weight is 562 g/mol. The van der Waals surface area contributed by atoms with Crippen LogP contribution in [-0.4, -0.2) is 68.0 Å². The van der Waals surface area contributed by atoms with Crippen LogP contribution in [-0.2, 0) is 32.4 Å². The third-order valence-electron chi connectivity index (χ3n) is 8.03. The van der Waals surface area contributed by atoms with Gasteiger partial charge in [0.2, 0.25) is 15.9 Å². The second kappa shape index (κ2) is 12.2. The van der Waals surface area contributed by atoms with Crippen molar-refractivity contribution in [2.45, 2.75) is 56.1 Å². The van der Waals surface area contributed by atoms with Crippen molar-refractivity contribution in [1.29, 1.82) is 0 Å². The van der Waals surface area contributed by atoms with E-state index in [0.29, 0.717) is 24.5 Å². The Hall–Kier alpha value is -3.04. The van der Waals surface area contributed by atoms with Crippen molar-refractivity contribution in [1.82, 2.24) is 9.21 Å². The molecular weight excluding hydrogens is 522 g/mol. The number of hydrogen-bond donors (Lipinski definition) is 1. The van der Waals surface area contributed by atoms with E-state index in [2.05, 4.69) is 17.1 Å². The Morgan fingerprint density at radius 1 is 1.00 bits per heavy atom. The van der Waals surface area contributed by atoms with E-state index in [4.69, 9.17) is 4.74 Å². The van der Waals surface area contributed by atoms with Gasteiger partial charge in [0.15, 0.2) is 0 Å². The summed E-state index contributed by atoms with van der Waals surface area (Å²) in [4.78, 5) is 15.4. The number of para-hydroxylation sites is 1. The van der Waals surface area contributed by atoms with Gasteiger partial charge in [0, 0.05) is 18.8 Å². The Labute approximate surface area is 238 Å². The number of carbonyl (C=O) groups is 1. The molecule has 0 bridgehead atoms. The molecule has 0 aromatic heterocycles. The number of sulfonamides is 1. The number of anilines is 1. The molecule has 0 saturated carbocycles. The van der Waals surface area contributed by atoms with Crippen molar-refractivity contribution in [3.63, 3.8) is 0 Å². The molecule has 1 N–H and O–H groups in total. The predicted molar refractivity (Wildman–Crippen MR) is 158 cm³/mol. The minimum Gasteiger partial charge on any atom is -0.371 e. The summed E-state index contributed by atoms with van der Waals surface area (Å²) >= 11 is 0. The molecule has 7 nitrogen and oxygen atoms in total. The largest absolute Gasteiger partial charge is 0.371 e. The van der Waals surface area contributed by atoms with Gasteiger partial charge in [0.05, 0.1) is 29.7 Å². The summed E-state index contributed by atoms with van der Waals surface area (Å²) < 4.78 is 36.3. The van der Waals surface area contributed by atoms with E-state index in [9.17, 15) is 13.2 Å². The van der Waals surface area contributed by atoms with Crippen LogP contribution < -0.4 is 5.32 Å². The number of benzene rings is 3. The van der Waals surface area contributed by atoms with E-state index < -0.39 is 15.6 Å². The van der Waals surface area contributed by atoms with Gasteiger partial charge < -0.3 is 10.1 Å². The van der Waals surface area contributed by atoms with Gasteiger partial charge in [-0.25, -0.2) is 8.42 Å².